The molecule has 2 rings (SSSR count). The molecule has 0 unspecified atom stereocenters. The Morgan fingerprint density at radius 1 is 1.12 bits per heavy atom. The number of sulfonamides is 1. The Labute approximate surface area is 154 Å². The molecule has 1 saturated heterocycles. The summed E-state index contributed by atoms with van der Waals surface area (Å²) < 4.78 is 30.6. The molecular formula is C17H25N3O5S. The number of hydrogen-bond donors (Lipinski definition) is 0. The number of ether oxygens (including phenoxy) is 1. The van der Waals surface area contributed by atoms with E-state index >= 15 is 0 Å². The molecule has 1 aliphatic rings. The van der Waals surface area contributed by atoms with E-state index in [-0.39, 0.29) is 5.91 Å². The molecule has 1 fully saturated rings. The highest BCUT2D eigenvalue weighted by atomic mass is 32.2. The van der Waals surface area contributed by atoms with Crippen LogP contribution in [-0.4, -0.2) is 75.3 Å². The first kappa shape index (κ1) is 20.0. The molecule has 1 aromatic carbocycles. The van der Waals surface area contributed by atoms with E-state index < -0.39 is 22.2 Å². The molecular weight excluding hydrogens is 358 g/mol. The van der Waals surface area contributed by atoms with E-state index in [0.29, 0.717) is 38.5 Å². The minimum atomic E-state index is -3.63. The van der Waals surface area contributed by atoms with Crippen molar-refractivity contribution in [1.29, 1.82) is 0 Å². The van der Waals surface area contributed by atoms with Crippen LogP contribution in [0.2, 0.25) is 0 Å². The van der Waals surface area contributed by atoms with Gasteiger partial charge < -0.3 is 14.5 Å². The molecule has 0 aromatic heterocycles. The fraction of sp³-hybridized carbons (Fsp3) is 0.529. The zero-order valence-electron chi connectivity index (χ0n) is 15.3. The molecule has 1 atom stereocenters. The van der Waals surface area contributed by atoms with Gasteiger partial charge in [-0.15, -0.1) is 0 Å². The molecule has 0 radical (unpaired) electrons. The summed E-state index contributed by atoms with van der Waals surface area (Å²) in [6.45, 7) is 5.03. The van der Waals surface area contributed by atoms with E-state index in [0.717, 1.165) is 10.6 Å². The number of benzene rings is 1. The molecule has 0 aliphatic carbocycles. The van der Waals surface area contributed by atoms with Gasteiger partial charge in [0.15, 0.2) is 0 Å². The predicted octanol–water partition coefficient (Wildman–Crippen LogP) is 1.14. The van der Waals surface area contributed by atoms with Gasteiger partial charge in [-0.2, -0.15) is 0 Å². The van der Waals surface area contributed by atoms with Crippen LogP contribution in [0, 0.1) is 0 Å². The summed E-state index contributed by atoms with van der Waals surface area (Å²) in [5.41, 5.74) is 0.445. The standard InChI is InChI=1S/C17H25N3O5S/c1-4-25-17(22)19-12-10-18(11-13-19)16(21)14(2)20(26(3,23)24)15-8-6-5-7-9-15/h5-9,14H,4,10-13H2,1-3H3/t14-/m0/s1. The Morgan fingerprint density at radius 3 is 2.15 bits per heavy atom. The van der Waals surface area contributed by atoms with Crippen LogP contribution < -0.4 is 4.31 Å². The molecule has 2 amide bonds. The van der Waals surface area contributed by atoms with E-state index in [1.54, 1.807) is 54.0 Å². The molecule has 0 N–H and O–H groups in total. The number of hydrogen-bond acceptors (Lipinski definition) is 5. The van der Waals surface area contributed by atoms with E-state index in [4.69, 9.17) is 4.74 Å². The minimum Gasteiger partial charge on any atom is -0.450 e. The molecule has 1 heterocycles. The first-order valence-corrected chi connectivity index (χ1v) is 10.4. The van der Waals surface area contributed by atoms with Crippen molar-refractivity contribution >= 4 is 27.7 Å². The normalized spacial score (nSPS) is 16.1. The van der Waals surface area contributed by atoms with Crippen LogP contribution in [0.3, 0.4) is 0 Å². The lowest BCUT2D eigenvalue weighted by atomic mass is 10.2. The maximum atomic E-state index is 12.8. The number of carbonyl (C=O) groups is 2. The summed E-state index contributed by atoms with van der Waals surface area (Å²) in [6, 6.07) is 7.67. The van der Waals surface area contributed by atoms with Crippen LogP contribution in [0.4, 0.5) is 10.5 Å². The summed E-state index contributed by atoms with van der Waals surface area (Å²) in [5, 5.41) is 0. The topological polar surface area (TPSA) is 87.2 Å². The van der Waals surface area contributed by atoms with Crippen LogP contribution in [0.1, 0.15) is 13.8 Å². The molecule has 1 aliphatic heterocycles. The predicted molar refractivity (Wildman–Crippen MR) is 98.4 cm³/mol. The zero-order valence-corrected chi connectivity index (χ0v) is 16.1. The van der Waals surface area contributed by atoms with Gasteiger partial charge in [0.2, 0.25) is 15.9 Å². The number of carbonyl (C=O) groups excluding carboxylic acids is 2. The second kappa shape index (κ2) is 8.39. The number of rotatable bonds is 5. The van der Waals surface area contributed by atoms with Gasteiger partial charge in [-0.05, 0) is 26.0 Å². The Morgan fingerprint density at radius 2 is 1.65 bits per heavy atom. The van der Waals surface area contributed by atoms with Gasteiger partial charge >= 0.3 is 6.09 Å². The van der Waals surface area contributed by atoms with Crippen LogP contribution in [0.5, 0.6) is 0 Å². The van der Waals surface area contributed by atoms with Crippen molar-refractivity contribution in [3.63, 3.8) is 0 Å². The third kappa shape index (κ3) is 4.66. The molecule has 0 spiro atoms. The third-order valence-corrected chi connectivity index (χ3v) is 5.44. The van der Waals surface area contributed by atoms with E-state index in [1.807, 2.05) is 0 Å². The lowest BCUT2D eigenvalue weighted by Gasteiger charge is -2.37. The minimum absolute atomic E-state index is 0.289. The molecule has 9 heteroatoms. The van der Waals surface area contributed by atoms with Crippen molar-refractivity contribution < 1.29 is 22.7 Å². The third-order valence-electron chi connectivity index (χ3n) is 4.19. The summed E-state index contributed by atoms with van der Waals surface area (Å²) in [4.78, 5) is 27.7. The fourth-order valence-corrected chi connectivity index (χ4v) is 4.14. The first-order chi connectivity index (χ1) is 12.3. The average molecular weight is 383 g/mol. The SMILES string of the molecule is CCOC(=O)N1CCN(C(=O)[C@H](C)N(c2ccccc2)S(C)(=O)=O)CC1. The highest BCUT2D eigenvalue weighted by molar-refractivity contribution is 7.92. The van der Waals surface area contributed by atoms with Crippen LogP contribution >= 0.6 is 0 Å². The van der Waals surface area contributed by atoms with Gasteiger partial charge in [0.05, 0.1) is 18.6 Å². The van der Waals surface area contributed by atoms with E-state index in [1.165, 1.54) is 0 Å². The number of piperazine rings is 1. The molecule has 0 bridgehead atoms. The summed E-state index contributed by atoms with van der Waals surface area (Å²) in [6.07, 6.45) is 0.692. The molecule has 26 heavy (non-hydrogen) atoms. The molecule has 144 valence electrons. The second-order valence-corrected chi connectivity index (χ2v) is 7.94. The summed E-state index contributed by atoms with van der Waals surface area (Å²) in [5.74, 6) is -0.289. The van der Waals surface area contributed by atoms with Crippen molar-refractivity contribution in [2.75, 3.05) is 43.3 Å². The van der Waals surface area contributed by atoms with Gasteiger partial charge in [-0.3, -0.25) is 9.10 Å². The van der Waals surface area contributed by atoms with Crippen LogP contribution in [-0.2, 0) is 19.6 Å². The van der Waals surface area contributed by atoms with Crippen LogP contribution in [0.25, 0.3) is 0 Å². The molecule has 1 aromatic rings. The Hall–Kier alpha value is -2.29. The number of anilines is 1. The van der Waals surface area contributed by atoms with Gasteiger partial charge in [0.1, 0.15) is 6.04 Å². The number of para-hydroxylation sites is 1. The van der Waals surface area contributed by atoms with Crippen molar-refractivity contribution in [2.45, 2.75) is 19.9 Å². The Kier molecular flexibility index (Phi) is 6.47. The van der Waals surface area contributed by atoms with E-state index in [9.17, 15) is 18.0 Å². The first-order valence-electron chi connectivity index (χ1n) is 8.50. The van der Waals surface area contributed by atoms with E-state index in [2.05, 4.69) is 0 Å². The lowest BCUT2D eigenvalue weighted by molar-refractivity contribution is -0.133. The molecule has 8 nitrogen and oxygen atoms in total. The van der Waals surface area contributed by atoms with Crippen molar-refractivity contribution in [1.82, 2.24) is 9.80 Å². The highest BCUT2D eigenvalue weighted by Gasteiger charge is 2.34. The zero-order chi connectivity index (χ0) is 19.3. The smallest absolute Gasteiger partial charge is 0.409 e. The molecule has 0 saturated carbocycles. The number of nitrogens with zero attached hydrogens (tertiary/aromatic N) is 3. The quantitative estimate of drug-likeness (QED) is 0.761. The van der Waals surface area contributed by atoms with Gasteiger partial charge in [-0.1, -0.05) is 18.2 Å². The second-order valence-electron chi connectivity index (χ2n) is 6.08. The van der Waals surface area contributed by atoms with Crippen molar-refractivity contribution in [3.8, 4) is 0 Å². The largest absolute Gasteiger partial charge is 0.450 e. The Bertz CT molecular complexity index is 730. The van der Waals surface area contributed by atoms with Gasteiger partial charge in [-0.25, -0.2) is 13.2 Å². The highest BCUT2D eigenvalue weighted by Crippen LogP contribution is 2.21. The monoisotopic (exact) mass is 383 g/mol. The summed E-state index contributed by atoms with van der Waals surface area (Å²) in [7, 11) is -3.63. The average Bonchev–Trinajstić information content (AvgIpc) is 2.61. The fourth-order valence-electron chi connectivity index (χ4n) is 2.97. The van der Waals surface area contributed by atoms with Crippen molar-refractivity contribution in [3.05, 3.63) is 30.3 Å². The maximum Gasteiger partial charge on any atom is 0.409 e. The van der Waals surface area contributed by atoms with Gasteiger partial charge in [0, 0.05) is 26.2 Å². The van der Waals surface area contributed by atoms with Crippen molar-refractivity contribution in [2.24, 2.45) is 0 Å². The van der Waals surface area contributed by atoms with Gasteiger partial charge in [0.25, 0.3) is 0 Å². The maximum absolute atomic E-state index is 12.8. The summed E-state index contributed by atoms with van der Waals surface area (Å²) >= 11 is 0. The number of amides is 2. The van der Waals surface area contributed by atoms with Crippen LogP contribution in [0.15, 0.2) is 30.3 Å². The Balaban J connectivity index is 2.09. The lowest BCUT2D eigenvalue weighted by Crippen LogP contribution is -2.56.